The molecule has 0 aliphatic carbocycles. The highest BCUT2D eigenvalue weighted by atomic mass is 16.5. The number of carbonyl (C=O) groups excluding carboxylic acids is 2. The first kappa shape index (κ1) is 22.6. The first-order valence-corrected chi connectivity index (χ1v) is 11.3. The highest BCUT2D eigenvalue weighted by Gasteiger charge is 2.31. The number of nitrogens with one attached hydrogen (secondary N) is 1. The van der Waals surface area contributed by atoms with E-state index in [9.17, 15) is 9.59 Å². The number of hydrogen-bond donors (Lipinski definition) is 1. The van der Waals surface area contributed by atoms with Gasteiger partial charge < -0.3 is 19.4 Å². The van der Waals surface area contributed by atoms with Crippen LogP contribution >= 0.6 is 0 Å². The van der Waals surface area contributed by atoms with Crippen LogP contribution in [-0.2, 0) is 17.8 Å². The van der Waals surface area contributed by atoms with E-state index in [1.165, 1.54) is 17.4 Å². The molecule has 2 heterocycles. The number of aromatic nitrogens is 1. The van der Waals surface area contributed by atoms with Crippen molar-refractivity contribution in [3.63, 3.8) is 0 Å². The Kier molecular flexibility index (Phi) is 6.77. The zero-order valence-electron chi connectivity index (χ0n) is 19.3. The Morgan fingerprint density at radius 3 is 2.70 bits per heavy atom. The zero-order chi connectivity index (χ0) is 23.4. The number of amides is 2. The Hall–Kier alpha value is -3.61. The number of hydrogen-bond acceptors (Lipinski definition) is 5. The lowest BCUT2D eigenvalue weighted by Gasteiger charge is -2.38. The van der Waals surface area contributed by atoms with Gasteiger partial charge >= 0.3 is 0 Å². The molecular weight excluding hydrogens is 418 g/mol. The highest BCUT2D eigenvalue weighted by molar-refractivity contribution is 5.91. The maximum absolute atomic E-state index is 12.8. The van der Waals surface area contributed by atoms with Gasteiger partial charge in [0, 0.05) is 19.5 Å². The average Bonchev–Trinajstić information content (AvgIpc) is 3.31. The molecule has 1 N–H and O–H groups in total. The number of oxazole rings is 1. The lowest BCUT2D eigenvalue weighted by molar-refractivity contribution is -0.132. The minimum Gasteiger partial charge on any atom is -0.484 e. The van der Waals surface area contributed by atoms with E-state index in [1.54, 1.807) is 0 Å². The van der Waals surface area contributed by atoms with Crippen LogP contribution in [0, 0.1) is 6.92 Å². The third-order valence-corrected chi connectivity index (χ3v) is 5.85. The van der Waals surface area contributed by atoms with Crippen molar-refractivity contribution in [1.82, 2.24) is 15.2 Å². The number of carbonyl (C=O) groups is 2. The van der Waals surface area contributed by atoms with Gasteiger partial charge in [-0.15, -0.1) is 0 Å². The van der Waals surface area contributed by atoms with Gasteiger partial charge in [-0.25, -0.2) is 4.98 Å². The predicted molar refractivity (Wildman–Crippen MR) is 124 cm³/mol. The van der Waals surface area contributed by atoms with Crippen LogP contribution in [-0.4, -0.2) is 34.8 Å². The second-order valence-electron chi connectivity index (χ2n) is 8.14. The van der Waals surface area contributed by atoms with Crippen LogP contribution in [0.3, 0.4) is 0 Å². The van der Waals surface area contributed by atoms with Crippen LogP contribution in [0.5, 0.6) is 5.75 Å². The summed E-state index contributed by atoms with van der Waals surface area (Å²) >= 11 is 0. The largest absolute Gasteiger partial charge is 0.484 e. The van der Waals surface area contributed by atoms with Gasteiger partial charge in [0.25, 0.3) is 5.91 Å². The predicted octanol–water partition coefficient (Wildman–Crippen LogP) is 4.20. The van der Waals surface area contributed by atoms with Crippen molar-refractivity contribution in [3.8, 4) is 5.75 Å². The maximum atomic E-state index is 12.8. The molecule has 1 aliphatic rings. The van der Waals surface area contributed by atoms with Crippen molar-refractivity contribution >= 4 is 11.8 Å². The number of aryl methyl sites for hydroxylation is 1. The van der Waals surface area contributed by atoms with Crippen LogP contribution in [0.1, 0.15) is 64.9 Å². The third-order valence-electron chi connectivity index (χ3n) is 5.85. The molecule has 0 fully saturated rings. The molecule has 7 nitrogen and oxygen atoms in total. The molecule has 4 rings (SSSR count). The fourth-order valence-electron chi connectivity index (χ4n) is 4.14. The molecule has 33 heavy (non-hydrogen) atoms. The molecule has 0 saturated carbocycles. The molecule has 0 spiro atoms. The lowest BCUT2D eigenvalue weighted by atomic mass is 9.87. The molecule has 2 aromatic carbocycles. The third kappa shape index (κ3) is 4.92. The molecule has 0 bridgehead atoms. The molecular formula is C26H29N3O4. The summed E-state index contributed by atoms with van der Waals surface area (Å²) in [6.07, 6.45) is 2.60. The van der Waals surface area contributed by atoms with Gasteiger partial charge in [0.05, 0.1) is 6.04 Å². The topological polar surface area (TPSA) is 84.7 Å². The SMILES string of the molecule is CCNC(=O)c1coc(COc2ccc3c(c2)C(c2ccc(C)cc2)N(C(=O)CC)CC3)n1. The Balaban J connectivity index is 1.59. The van der Waals surface area contributed by atoms with Gasteiger partial charge in [-0.2, -0.15) is 0 Å². The Bertz CT molecular complexity index is 1140. The van der Waals surface area contributed by atoms with Gasteiger partial charge in [0.15, 0.2) is 12.3 Å². The van der Waals surface area contributed by atoms with E-state index in [0.717, 1.165) is 17.5 Å². The minimum absolute atomic E-state index is 0.102. The highest BCUT2D eigenvalue weighted by Crippen LogP contribution is 2.37. The smallest absolute Gasteiger partial charge is 0.273 e. The van der Waals surface area contributed by atoms with Crippen molar-refractivity contribution < 1.29 is 18.7 Å². The van der Waals surface area contributed by atoms with Crippen LogP contribution in [0.15, 0.2) is 53.1 Å². The number of rotatable bonds is 7. The van der Waals surface area contributed by atoms with E-state index in [-0.39, 0.29) is 30.2 Å². The van der Waals surface area contributed by atoms with Crippen LogP contribution < -0.4 is 10.1 Å². The van der Waals surface area contributed by atoms with Crippen molar-refractivity contribution in [2.45, 2.75) is 46.3 Å². The summed E-state index contributed by atoms with van der Waals surface area (Å²) in [5.41, 5.74) is 4.77. The molecule has 1 aliphatic heterocycles. The summed E-state index contributed by atoms with van der Waals surface area (Å²) in [5, 5.41) is 2.69. The van der Waals surface area contributed by atoms with E-state index < -0.39 is 0 Å². The molecule has 1 atom stereocenters. The molecule has 1 aromatic heterocycles. The maximum Gasteiger partial charge on any atom is 0.273 e. The molecule has 1 unspecified atom stereocenters. The monoisotopic (exact) mass is 447 g/mol. The Morgan fingerprint density at radius 1 is 1.18 bits per heavy atom. The second-order valence-corrected chi connectivity index (χ2v) is 8.14. The van der Waals surface area contributed by atoms with E-state index in [2.05, 4.69) is 47.6 Å². The fourth-order valence-corrected chi connectivity index (χ4v) is 4.14. The second kappa shape index (κ2) is 9.90. The quantitative estimate of drug-likeness (QED) is 0.587. The van der Waals surface area contributed by atoms with E-state index in [1.807, 2.05) is 30.9 Å². The van der Waals surface area contributed by atoms with Gasteiger partial charge in [0.2, 0.25) is 11.8 Å². The zero-order valence-corrected chi connectivity index (χ0v) is 19.3. The standard InChI is InChI=1S/C26H29N3O4/c1-4-24(30)29-13-12-18-10-11-20(14-21(18)25(29)19-8-6-17(3)7-9-19)32-16-23-28-22(15-33-23)26(31)27-5-2/h6-11,14-15,25H,4-5,12-13,16H2,1-3H3,(H,27,31). The first-order valence-electron chi connectivity index (χ1n) is 11.3. The lowest BCUT2D eigenvalue weighted by Crippen LogP contribution is -2.40. The van der Waals surface area contributed by atoms with Crippen LogP contribution in [0.25, 0.3) is 0 Å². The molecule has 7 heteroatoms. The summed E-state index contributed by atoms with van der Waals surface area (Å²) in [7, 11) is 0. The fraction of sp³-hybridized carbons (Fsp3) is 0.346. The summed E-state index contributed by atoms with van der Waals surface area (Å²) in [6, 6.07) is 14.2. The normalized spacial score (nSPS) is 15.1. The minimum atomic E-state index is -0.275. The van der Waals surface area contributed by atoms with Crippen LogP contribution in [0.2, 0.25) is 0 Å². The van der Waals surface area contributed by atoms with Crippen LogP contribution in [0.4, 0.5) is 0 Å². The Labute approximate surface area is 193 Å². The number of fused-ring (bicyclic) bond motifs is 1. The van der Waals surface area contributed by atoms with Crippen molar-refractivity contribution in [3.05, 3.63) is 82.6 Å². The van der Waals surface area contributed by atoms with Gasteiger partial charge in [0.1, 0.15) is 12.0 Å². The number of benzene rings is 2. The summed E-state index contributed by atoms with van der Waals surface area (Å²) < 4.78 is 11.3. The molecule has 2 amide bonds. The van der Waals surface area contributed by atoms with Crippen molar-refractivity contribution in [1.29, 1.82) is 0 Å². The summed E-state index contributed by atoms with van der Waals surface area (Å²) in [5.74, 6) is 0.847. The van der Waals surface area contributed by atoms with Crippen molar-refractivity contribution in [2.24, 2.45) is 0 Å². The van der Waals surface area contributed by atoms with Gasteiger partial charge in [-0.05, 0) is 49.1 Å². The summed E-state index contributed by atoms with van der Waals surface area (Å²) in [6.45, 7) is 7.11. The first-order chi connectivity index (χ1) is 16.0. The van der Waals surface area contributed by atoms with Gasteiger partial charge in [-0.1, -0.05) is 42.8 Å². The van der Waals surface area contributed by atoms with E-state index >= 15 is 0 Å². The van der Waals surface area contributed by atoms with Gasteiger partial charge in [-0.3, -0.25) is 9.59 Å². The number of ether oxygens (including phenoxy) is 1. The average molecular weight is 448 g/mol. The molecule has 172 valence electrons. The molecule has 3 aromatic rings. The van der Waals surface area contributed by atoms with E-state index in [0.29, 0.717) is 31.2 Å². The molecule has 0 saturated heterocycles. The molecule has 0 radical (unpaired) electrons. The summed E-state index contributed by atoms with van der Waals surface area (Å²) in [4.78, 5) is 30.8. The van der Waals surface area contributed by atoms with E-state index in [4.69, 9.17) is 9.15 Å². The Morgan fingerprint density at radius 2 is 1.97 bits per heavy atom. The number of nitrogens with zero attached hydrogens (tertiary/aromatic N) is 2. The van der Waals surface area contributed by atoms with Crippen molar-refractivity contribution in [2.75, 3.05) is 13.1 Å².